The number of ether oxygens (including phenoxy) is 1. The van der Waals surface area contributed by atoms with Gasteiger partial charge in [-0.3, -0.25) is 4.90 Å². The zero-order valence-corrected chi connectivity index (χ0v) is 5.18. The van der Waals surface area contributed by atoms with Crippen LogP contribution >= 0.6 is 0 Å². The maximum absolute atomic E-state index is 12.2. The fourth-order valence-electron chi connectivity index (χ4n) is 0.811. The van der Waals surface area contributed by atoms with E-state index in [1.165, 1.54) is 0 Å². The molecule has 1 heterocycles. The van der Waals surface area contributed by atoms with Gasteiger partial charge in [-0.1, -0.05) is 0 Å². The van der Waals surface area contributed by atoms with Crippen molar-refractivity contribution in [2.45, 2.75) is 12.7 Å². The number of nitrogens with zero attached hydrogens (tertiary/aromatic N) is 1. The molecule has 1 fully saturated rings. The van der Waals surface area contributed by atoms with Crippen LogP contribution in [0.4, 0.5) is 8.78 Å². The molecule has 1 saturated heterocycles. The first-order chi connectivity index (χ1) is 4.18. The van der Waals surface area contributed by atoms with Gasteiger partial charge in [0.15, 0.2) is 0 Å². The lowest BCUT2D eigenvalue weighted by Gasteiger charge is -2.27. The van der Waals surface area contributed by atoms with Gasteiger partial charge in [-0.2, -0.15) is 0 Å². The minimum Gasteiger partial charge on any atom is -0.311 e. The van der Waals surface area contributed by atoms with Crippen LogP contribution in [0.25, 0.3) is 0 Å². The van der Waals surface area contributed by atoms with Gasteiger partial charge in [0.2, 0.25) is 12.7 Å². The molecule has 1 aliphatic heterocycles. The fourth-order valence-corrected chi connectivity index (χ4v) is 0.811. The Morgan fingerprint density at radius 3 is 2.11 bits per heavy atom. The molecular formula is C5H9F2NO. The Balaban J connectivity index is 2.34. The monoisotopic (exact) mass is 137 g/mol. The van der Waals surface area contributed by atoms with Crippen LogP contribution in [0.2, 0.25) is 0 Å². The summed E-state index contributed by atoms with van der Waals surface area (Å²) in [6.07, 6.45) is -2.92. The lowest BCUT2D eigenvalue weighted by molar-refractivity contribution is -0.185. The Morgan fingerprint density at radius 2 is 1.78 bits per heavy atom. The number of morpholine rings is 1. The first-order valence-corrected chi connectivity index (χ1v) is 2.80. The van der Waals surface area contributed by atoms with Gasteiger partial charge in [-0.05, 0) is 7.05 Å². The third-order valence-electron chi connectivity index (χ3n) is 1.21. The lowest BCUT2D eigenvalue weighted by Crippen LogP contribution is -2.41. The standard InChI is InChI=1S/C5H9F2NO/c1-8-2-4(6)9-5(7)3-8/h4-5H,2-3H2,1H3/t4-,5-/m0/s1. The zero-order valence-electron chi connectivity index (χ0n) is 5.18. The van der Waals surface area contributed by atoms with Crippen molar-refractivity contribution in [2.75, 3.05) is 20.1 Å². The summed E-state index contributed by atoms with van der Waals surface area (Å²) in [5.74, 6) is 0. The summed E-state index contributed by atoms with van der Waals surface area (Å²) in [4.78, 5) is 1.55. The van der Waals surface area contributed by atoms with Gasteiger partial charge in [0.1, 0.15) is 0 Å². The highest BCUT2D eigenvalue weighted by Gasteiger charge is 2.24. The van der Waals surface area contributed by atoms with E-state index >= 15 is 0 Å². The maximum Gasteiger partial charge on any atom is 0.214 e. The van der Waals surface area contributed by atoms with Gasteiger partial charge in [0.05, 0.1) is 13.1 Å². The summed E-state index contributed by atoms with van der Waals surface area (Å²) in [7, 11) is 1.65. The van der Waals surface area contributed by atoms with Gasteiger partial charge in [0, 0.05) is 0 Å². The minimum absolute atomic E-state index is 0.167. The van der Waals surface area contributed by atoms with E-state index in [0.717, 1.165) is 0 Å². The largest absolute Gasteiger partial charge is 0.311 e. The topological polar surface area (TPSA) is 12.5 Å². The second-order valence-corrected chi connectivity index (χ2v) is 2.18. The van der Waals surface area contributed by atoms with Crippen LogP contribution in [0.15, 0.2) is 0 Å². The lowest BCUT2D eigenvalue weighted by atomic mass is 10.4. The summed E-state index contributed by atoms with van der Waals surface area (Å²) in [6.45, 7) is 0.334. The van der Waals surface area contributed by atoms with E-state index in [0.29, 0.717) is 0 Å². The van der Waals surface area contributed by atoms with Crippen LogP contribution in [0.5, 0.6) is 0 Å². The van der Waals surface area contributed by atoms with E-state index in [2.05, 4.69) is 4.74 Å². The second-order valence-electron chi connectivity index (χ2n) is 2.18. The number of likely N-dealkylation sites (N-methyl/N-ethyl adjacent to an activating group) is 1. The van der Waals surface area contributed by atoms with E-state index in [1.807, 2.05) is 0 Å². The Bertz CT molecular complexity index is 75.9. The van der Waals surface area contributed by atoms with E-state index in [1.54, 1.807) is 11.9 Å². The second kappa shape index (κ2) is 2.58. The van der Waals surface area contributed by atoms with Gasteiger partial charge in [0.25, 0.3) is 0 Å². The van der Waals surface area contributed by atoms with Crippen LogP contribution in [0.1, 0.15) is 0 Å². The molecule has 0 radical (unpaired) electrons. The molecule has 0 aromatic heterocycles. The Kier molecular flexibility index (Phi) is 1.97. The molecule has 0 amide bonds. The number of hydrogen-bond acceptors (Lipinski definition) is 2. The first-order valence-electron chi connectivity index (χ1n) is 2.80. The summed E-state index contributed by atoms with van der Waals surface area (Å²) in [5.41, 5.74) is 0. The summed E-state index contributed by atoms with van der Waals surface area (Å²) < 4.78 is 28.5. The van der Waals surface area contributed by atoms with E-state index in [9.17, 15) is 8.78 Å². The molecule has 1 rings (SSSR count). The molecule has 1 aliphatic rings. The van der Waals surface area contributed by atoms with Gasteiger partial charge < -0.3 is 4.74 Å². The van der Waals surface area contributed by atoms with Crippen LogP contribution in [-0.4, -0.2) is 37.8 Å². The quantitative estimate of drug-likeness (QED) is 0.483. The number of halogens is 2. The first kappa shape index (κ1) is 6.89. The number of hydrogen-bond donors (Lipinski definition) is 0. The smallest absolute Gasteiger partial charge is 0.214 e. The molecular weight excluding hydrogens is 128 g/mol. The minimum atomic E-state index is -1.46. The molecule has 0 saturated carbocycles. The fraction of sp³-hybridized carbons (Fsp3) is 1.00. The average molecular weight is 137 g/mol. The van der Waals surface area contributed by atoms with Crippen molar-refractivity contribution in [1.29, 1.82) is 0 Å². The molecule has 0 bridgehead atoms. The van der Waals surface area contributed by atoms with Crippen molar-refractivity contribution in [3.8, 4) is 0 Å². The molecule has 0 aliphatic carbocycles. The Hall–Kier alpha value is -0.220. The Labute approximate surface area is 52.4 Å². The molecule has 2 atom stereocenters. The van der Waals surface area contributed by atoms with Crippen molar-refractivity contribution < 1.29 is 13.5 Å². The predicted octanol–water partition coefficient (Wildman–Crippen LogP) is 0.540. The maximum atomic E-state index is 12.2. The molecule has 0 aromatic rings. The van der Waals surface area contributed by atoms with Gasteiger partial charge in [-0.25, -0.2) is 8.78 Å². The van der Waals surface area contributed by atoms with E-state index < -0.39 is 12.7 Å². The highest BCUT2D eigenvalue weighted by molar-refractivity contribution is 4.62. The van der Waals surface area contributed by atoms with Crippen molar-refractivity contribution in [3.63, 3.8) is 0 Å². The van der Waals surface area contributed by atoms with Crippen LogP contribution in [-0.2, 0) is 4.74 Å². The number of alkyl halides is 2. The molecule has 9 heavy (non-hydrogen) atoms. The van der Waals surface area contributed by atoms with Crippen molar-refractivity contribution in [3.05, 3.63) is 0 Å². The molecule has 4 heteroatoms. The van der Waals surface area contributed by atoms with Crippen LogP contribution < -0.4 is 0 Å². The summed E-state index contributed by atoms with van der Waals surface area (Å²) in [5, 5.41) is 0. The highest BCUT2D eigenvalue weighted by atomic mass is 19.2. The van der Waals surface area contributed by atoms with E-state index in [-0.39, 0.29) is 13.1 Å². The third kappa shape index (κ3) is 1.87. The molecule has 0 spiro atoms. The molecule has 0 aromatic carbocycles. The normalized spacial score (nSPS) is 39.0. The zero-order chi connectivity index (χ0) is 6.85. The van der Waals surface area contributed by atoms with Crippen molar-refractivity contribution in [2.24, 2.45) is 0 Å². The molecule has 2 nitrogen and oxygen atoms in total. The third-order valence-corrected chi connectivity index (χ3v) is 1.21. The summed E-state index contributed by atoms with van der Waals surface area (Å²) >= 11 is 0. The molecule has 0 N–H and O–H groups in total. The highest BCUT2D eigenvalue weighted by Crippen LogP contribution is 2.10. The van der Waals surface area contributed by atoms with Crippen LogP contribution in [0.3, 0.4) is 0 Å². The van der Waals surface area contributed by atoms with E-state index in [4.69, 9.17) is 0 Å². The van der Waals surface area contributed by atoms with Crippen LogP contribution in [0, 0.1) is 0 Å². The SMILES string of the molecule is CN1C[C@@H](F)O[C@H](F)C1. The number of rotatable bonds is 0. The van der Waals surface area contributed by atoms with Gasteiger partial charge in [-0.15, -0.1) is 0 Å². The molecule has 0 unspecified atom stereocenters. The average Bonchev–Trinajstić information content (AvgIpc) is 1.59. The van der Waals surface area contributed by atoms with Crippen molar-refractivity contribution in [1.82, 2.24) is 4.90 Å². The van der Waals surface area contributed by atoms with Gasteiger partial charge >= 0.3 is 0 Å². The molecule has 54 valence electrons. The Morgan fingerprint density at radius 1 is 1.33 bits per heavy atom. The predicted molar refractivity (Wildman–Crippen MR) is 28.4 cm³/mol. The van der Waals surface area contributed by atoms with Crippen molar-refractivity contribution >= 4 is 0 Å². The summed E-state index contributed by atoms with van der Waals surface area (Å²) in [6, 6.07) is 0.